The Balaban J connectivity index is 2.18. The number of halogens is 2. The third-order valence-electron chi connectivity index (χ3n) is 2.80. The average Bonchev–Trinajstić information content (AvgIpc) is 2.43. The van der Waals surface area contributed by atoms with E-state index in [1.54, 1.807) is 6.07 Å². The number of aryl methyl sites for hydroxylation is 1. The van der Waals surface area contributed by atoms with Crippen LogP contribution in [0.5, 0.6) is 0 Å². The highest BCUT2D eigenvalue weighted by molar-refractivity contribution is 14.1. The molecule has 0 radical (unpaired) electrons. The first-order valence-corrected chi connectivity index (χ1v) is 7.41. The molecule has 0 aliphatic carbocycles. The van der Waals surface area contributed by atoms with Gasteiger partial charge in [-0.1, -0.05) is 30.7 Å². The van der Waals surface area contributed by atoms with Crippen LogP contribution in [-0.4, -0.2) is 5.91 Å². The van der Waals surface area contributed by atoms with E-state index in [0.29, 0.717) is 16.3 Å². The van der Waals surface area contributed by atoms with Crippen LogP contribution in [0, 0.1) is 3.57 Å². The molecule has 19 heavy (non-hydrogen) atoms. The largest absolute Gasteiger partial charge is 0.321 e. The summed E-state index contributed by atoms with van der Waals surface area (Å²) in [6, 6.07) is 13.1. The van der Waals surface area contributed by atoms with Crippen molar-refractivity contribution < 1.29 is 4.79 Å². The first-order valence-electron chi connectivity index (χ1n) is 5.95. The highest BCUT2D eigenvalue weighted by atomic mass is 127. The Hall–Kier alpha value is -1.07. The molecule has 0 saturated carbocycles. The Bertz CT molecular complexity index is 596. The van der Waals surface area contributed by atoms with Crippen molar-refractivity contribution in [2.24, 2.45) is 0 Å². The quantitative estimate of drug-likeness (QED) is 0.758. The van der Waals surface area contributed by atoms with Crippen molar-refractivity contribution in [1.82, 2.24) is 0 Å². The predicted molar refractivity (Wildman–Crippen MR) is 87.9 cm³/mol. The van der Waals surface area contributed by atoms with Gasteiger partial charge in [0, 0.05) is 9.13 Å². The summed E-state index contributed by atoms with van der Waals surface area (Å²) in [7, 11) is 0. The van der Waals surface area contributed by atoms with Crippen LogP contribution in [0.1, 0.15) is 22.8 Å². The second-order valence-electron chi connectivity index (χ2n) is 4.13. The molecule has 1 amide bonds. The molecule has 2 aromatic rings. The second-order valence-corrected chi connectivity index (χ2v) is 5.78. The Labute approximate surface area is 131 Å². The molecular formula is C15H13ClINO. The predicted octanol–water partition coefficient (Wildman–Crippen LogP) is 4.76. The van der Waals surface area contributed by atoms with Gasteiger partial charge in [-0.25, -0.2) is 0 Å². The fraction of sp³-hybridized carbons (Fsp3) is 0.133. The molecule has 1 N–H and O–H groups in total. The number of nitrogens with one attached hydrogen (secondary N) is 1. The van der Waals surface area contributed by atoms with Crippen molar-refractivity contribution in [1.29, 1.82) is 0 Å². The first kappa shape index (κ1) is 14.3. The fourth-order valence-electron chi connectivity index (χ4n) is 1.68. The van der Waals surface area contributed by atoms with Gasteiger partial charge in [0.05, 0.1) is 10.7 Å². The number of carbonyl (C=O) groups is 1. The zero-order valence-corrected chi connectivity index (χ0v) is 13.3. The van der Waals surface area contributed by atoms with Crippen molar-refractivity contribution in [3.63, 3.8) is 0 Å². The van der Waals surface area contributed by atoms with Crippen LogP contribution in [0.2, 0.25) is 5.02 Å². The Morgan fingerprint density at radius 2 is 1.89 bits per heavy atom. The molecule has 2 nitrogen and oxygen atoms in total. The number of anilines is 1. The van der Waals surface area contributed by atoms with E-state index in [2.05, 4.69) is 34.8 Å². The highest BCUT2D eigenvalue weighted by Gasteiger charge is 2.08. The maximum Gasteiger partial charge on any atom is 0.255 e. The zero-order valence-electron chi connectivity index (χ0n) is 10.4. The van der Waals surface area contributed by atoms with Crippen LogP contribution in [0.25, 0.3) is 0 Å². The van der Waals surface area contributed by atoms with Gasteiger partial charge >= 0.3 is 0 Å². The van der Waals surface area contributed by atoms with E-state index in [0.717, 1.165) is 9.99 Å². The van der Waals surface area contributed by atoms with Crippen molar-refractivity contribution in [3.8, 4) is 0 Å². The topological polar surface area (TPSA) is 29.1 Å². The van der Waals surface area contributed by atoms with Crippen LogP contribution >= 0.6 is 34.2 Å². The summed E-state index contributed by atoms with van der Waals surface area (Å²) in [5.74, 6) is -0.147. The molecule has 98 valence electrons. The Morgan fingerprint density at radius 1 is 1.21 bits per heavy atom. The van der Waals surface area contributed by atoms with Gasteiger partial charge in [-0.2, -0.15) is 0 Å². The Morgan fingerprint density at radius 3 is 2.53 bits per heavy atom. The number of rotatable bonds is 3. The fourth-order valence-corrected chi connectivity index (χ4v) is 2.34. The number of carbonyl (C=O) groups excluding carboxylic acids is 1. The smallest absolute Gasteiger partial charge is 0.255 e. The van der Waals surface area contributed by atoms with Crippen molar-refractivity contribution >= 4 is 45.8 Å². The lowest BCUT2D eigenvalue weighted by Crippen LogP contribution is -2.12. The summed E-state index contributed by atoms with van der Waals surface area (Å²) in [4.78, 5) is 12.1. The summed E-state index contributed by atoms with van der Waals surface area (Å²) >= 11 is 8.24. The van der Waals surface area contributed by atoms with E-state index in [9.17, 15) is 4.79 Å². The lowest BCUT2D eigenvalue weighted by molar-refractivity contribution is 0.102. The van der Waals surface area contributed by atoms with Crippen molar-refractivity contribution in [2.45, 2.75) is 13.3 Å². The lowest BCUT2D eigenvalue weighted by Gasteiger charge is -2.08. The van der Waals surface area contributed by atoms with Gasteiger partial charge in [0.15, 0.2) is 0 Å². The molecule has 4 heteroatoms. The zero-order chi connectivity index (χ0) is 13.8. The van der Waals surface area contributed by atoms with Crippen LogP contribution < -0.4 is 5.32 Å². The van der Waals surface area contributed by atoms with E-state index in [1.807, 2.05) is 36.4 Å². The molecule has 0 aliphatic rings. The normalized spacial score (nSPS) is 10.3. The van der Waals surface area contributed by atoms with Gasteiger partial charge in [-0.3, -0.25) is 4.79 Å². The Kier molecular flexibility index (Phi) is 4.82. The summed E-state index contributed by atoms with van der Waals surface area (Å²) in [5.41, 5.74) is 2.48. The van der Waals surface area contributed by atoms with Gasteiger partial charge in [-0.15, -0.1) is 0 Å². The highest BCUT2D eigenvalue weighted by Crippen LogP contribution is 2.24. The maximum absolute atomic E-state index is 12.1. The van der Waals surface area contributed by atoms with Crippen LogP contribution in [0.15, 0.2) is 42.5 Å². The molecule has 0 bridgehead atoms. The number of hydrogen-bond acceptors (Lipinski definition) is 1. The third-order valence-corrected chi connectivity index (χ3v) is 3.80. The molecule has 0 heterocycles. The minimum absolute atomic E-state index is 0.147. The molecule has 0 fully saturated rings. The minimum Gasteiger partial charge on any atom is -0.321 e. The monoisotopic (exact) mass is 385 g/mol. The number of benzene rings is 2. The van der Waals surface area contributed by atoms with Gasteiger partial charge in [0.25, 0.3) is 5.91 Å². The van der Waals surface area contributed by atoms with Gasteiger partial charge in [0.1, 0.15) is 0 Å². The standard InChI is InChI=1S/C15H13ClINO/c1-2-10-3-5-11(6-4-10)15(19)18-14-9-12(17)7-8-13(14)16/h3-9H,2H2,1H3,(H,18,19). The SMILES string of the molecule is CCc1ccc(C(=O)Nc2cc(I)ccc2Cl)cc1. The first-order chi connectivity index (χ1) is 9.10. The van der Waals surface area contributed by atoms with E-state index < -0.39 is 0 Å². The summed E-state index contributed by atoms with van der Waals surface area (Å²) < 4.78 is 1.03. The maximum atomic E-state index is 12.1. The second kappa shape index (κ2) is 6.39. The average molecular weight is 386 g/mol. The number of amides is 1. The molecule has 0 atom stereocenters. The third kappa shape index (κ3) is 3.70. The van der Waals surface area contributed by atoms with Crippen LogP contribution in [0.4, 0.5) is 5.69 Å². The summed E-state index contributed by atoms with van der Waals surface area (Å²) in [6.45, 7) is 2.08. The van der Waals surface area contributed by atoms with Crippen molar-refractivity contribution in [3.05, 3.63) is 62.2 Å². The van der Waals surface area contributed by atoms with Gasteiger partial charge < -0.3 is 5.32 Å². The minimum atomic E-state index is -0.147. The van der Waals surface area contributed by atoms with Crippen LogP contribution in [0.3, 0.4) is 0 Å². The van der Waals surface area contributed by atoms with E-state index in [4.69, 9.17) is 11.6 Å². The van der Waals surface area contributed by atoms with E-state index in [1.165, 1.54) is 5.56 Å². The molecule has 2 aromatic carbocycles. The van der Waals surface area contributed by atoms with E-state index in [-0.39, 0.29) is 5.91 Å². The summed E-state index contributed by atoms with van der Waals surface area (Å²) in [6.07, 6.45) is 0.963. The van der Waals surface area contributed by atoms with Gasteiger partial charge in [0.2, 0.25) is 0 Å². The lowest BCUT2D eigenvalue weighted by atomic mass is 10.1. The number of hydrogen-bond donors (Lipinski definition) is 1. The molecule has 2 rings (SSSR count). The van der Waals surface area contributed by atoms with Crippen molar-refractivity contribution in [2.75, 3.05) is 5.32 Å². The van der Waals surface area contributed by atoms with Crippen LogP contribution in [-0.2, 0) is 6.42 Å². The van der Waals surface area contributed by atoms with E-state index >= 15 is 0 Å². The molecule has 0 spiro atoms. The molecular weight excluding hydrogens is 373 g/mol. The van der Waals surface area contributed by atoms with Gasteiger partial charge in [-0.05, 0) is 64.9 Å². The molecule has 0 unspecified atom stereocenters. The summed E-state index contributed by atoms with van der Waals surface area (Å²) in [5, 5.41) is 3.37. The molecule has 0 aliphatic heterocycles. The molecule has 0 aromatic heterocycles. The molecule has 0 saturated heterocycles.